The summed E-state index contributed by atoms with van der Waals surface area (Å²) in [5.74, 6) is -0.0191. The highest BCUT2D eigenvalue weighted by Gasteiger charge is 2.18. The van der Waals surface area contributed by atoms with Crippen LogP contribution >= 0.6 is 11.6 Å². The van der Waals surface area contributed by atoms with E-state index in [1.807, 2.05) is 30.3 Å². The summed E-state index contributed by atoms with van der Waals surface area (Å²) in [4.78, 5) is 15.4. The van der Waals surface area contributed by atoms with E-state index < -0.39 is 5.92 Å². The fourth-order valence-corrected chi connectivity index (χ4v) is 1.96. The van der Waals surface area contributed by atoms with Gasteiger partial charge in [0.1, 0.15) is 11.4 Å². The fourth-order valence-electron chi connectivity index (χ4n) is 1.82. The minimum atomic E-state index is -0.397. The van der Waals surface area contributed by atoms with Crippen LogP contribution in [0.5, 0.6) is 5.88 Å². The number of benzene rings is 1. The Balaban J connectivity index is 2.48. The number of carbonyl (C=O) groups is 1. The first kappa shape index (κ1) is 12.6. The molecule has 1 heterocycles. The lowest BCUT2D eigenvalue weighted by Gasteiger charge is -2.14. The molecule has 4 heteroatoms. The van der Waals surface area contributed by atoms with Gasteiger partial charge in [-0.15, -0.1) is 0 Å². The quantitative estimate of drug-likeness (QED) is 0.627. The lowest BCUT2D eigenvalue weighted by molar-refractivity contribution is -0.108. The highest BCUT2D eigenvalue weighted by Crippen LogP contribution is 2.30. The van der Waals surface area contributed by atoms with Crippen LogP contribution in [0.3, 0.4) is 0 Å². The Kier molecular flexibility index (Phi) is 3.95. The smallest absolute Gasteiger partial charge is 0.218 e. The number of carbonyl (C=O) groups excluding carboxylic acids is 1. The molecule has 3 nitrogen and oxygen atoms in total. The van der Waals surface area contributed by atoms with E-state index in [1.165, 1.54) is 7.11 Å². The van der Waals surface area contributed by atoms with Crippen molar-refractivity contribution in [2.45, 2.75) is 5.92 Å². The molecule has 0 saturated heterocycles. The van der Waals surface area contributed by atoms with Gasteiger partial charge in [0.25, 0.3) is 0 Å². The second kappa shape index (κ2) is 5.65. The minimum Gasteiger partial charge on any atom is -0.481 e. The van der Waals surface area contributed by atoms with Gasteiger partial charge in [0.15, 0.2) is 0 Å². The van der Waals surface area contributed by atoms with Crippen LogP contribution in [0.2, 0.25) is 5.15 Å². The maximum atomic E-state index is 11.3. The first-order valence-electron chi connectivity index (χ1n) is 5.47. The highest BCUT2D eigenvalue weighted by molar-refractivity contribution is 6.29. The third kappa shape index (κ3) is 2.51. The number of pyridine rings is 1. The molecule has 1 unspecified atom stereocenters. The molecule has 0 radical (unpaired) electrons. The molecule has 1 aromatic heterocycles. The average Bonchev–Trinajstić information content (AvgIpc) is 2.42. The molecule has 0 spiro atoms. The van der Waals surface area contributed by atoms with Crippen LogP contribution in [-0.4, -0.2) is 18.4 Å². The van der Waals surface area contributed by atoms with E-state index >= 15 is 0 Å². The van der Waals surface area contributed by atoms with Gasteiger partial charge in [0, 0.05) is 5.56 Å². The molecule has 0 fully saturated rings. The largest absolute Gasteiger partial charge is 0.481 e. The maximum Gasteiger partial charge on any atom is 0.218 e. The van der Waals surface area contributed by atoms with Crippen LogP contribution in [0.25, 0.3) is 0 Å². The van der Waals surface area contributed by atoms with Crippen molar-refractivity contribution in [3.8, 4) is 5.88 Å². The minimum absolute atomic E-state index is 0.341. The number of hydrogen-bond acceptors (Lipinski definition) is 3. The second-order valence-corrected chi connectivity index (χ2v) is 4.14. The van der Waals surface area contributed by atoms with Gasteiger partial charge in [-0.25, -0.2) is 4.98 Å². The molecule has 2 rings (SSSR count). The van der Waals surface area contributed by atoms with Crippen molar-refractivity contribution >= 4 is 17.9 Å². The summed E-state index contributed by atoms with van der Waals surface area (Å²) < 4.78 is 5.18. The van der Waals surface area contributed by atoms with E-state index in [1.54, 1.807) is 12.1 Å². The van der Waals surface area contributed by atoms with Crippen LogP contribution in [0, 0.1) is 0 Å². The van der Waals surface area contributed by atoms with E-state index in [0.29, 0.717) is 16.6 Å². The molecule has 18 heavy (non-hydrogen) atoms. The lowest BCUT2D eigenvalue weighted by atomic mass is 9.93. The van der Waals surface area contributed by atoms with Gasteiger partial charge in [-0.3, -0.25) is 0 Å². The lowest BCUT2D eigenvalue weighted by Crippen LogP contribution is -2.06. The van der Waals surface area contributed by atoms with E-state index in [0.717, 1.165) is 11.8 Å². The Morgan fingerprint density at radius 2 is 1.94 bits per heavy atom. The predicted molar refractivity (Wildman–Crippen MR) is 70.1 cm³/mol. The predicted octanol–water partition coefficient (Wildman–Crippen LogP) is 3.07. The zero-order valence-electron chi connectivity index (χ0n) is 9.84. The molecule has 0 aliphatic carbocycles. The van der Waals surface area contributed by atoms with Crippen molar-refractivity contribution in [1.29, 1.82) is 0 Å². The molecule has 0 bridgehead atoms. The number of nitrogens with zero attached hydrogens (tertiary/aromatic N) is 1. The molecule has 0 N–H and O–H groups in total. The van der Waals surface area contributed by atoms with E-state index in [2.05, 4.69) is 4.98 Å². The normalized spacial score (nSPS) is 11.9. The summed E-state index contributed by atoms with van der Waals surface area (Å²) in [6, 6.07) is 12.9. The number of methoxy groups -OCH3 is 1. The van der Waals surface area contributed by atoms with E-state index in [9.17, 15) is 4.79 Å². The summed E-state index contributed by atoms with van der Waals surface area (Å²) in [5.41, 5.74) is 1.61. The summed E-state index contributed by atoms with van der Waals surface area (Å²) in [5, 5.41) is 0.341. The molecular weight excluding hydrogens is 250 g/mol. The molecule has 0 aliphatic rings. The number of aromatic nitrogens is 1. The number of aldehydes is 1. The van der Waals surface area contributed by atoms with Crippen molar-refractivity contribution in [3.63, 3.8) is 0 Å². The van der Waals surface area contributed by atoms with Crippen LogP contribution in [-0.2, 0) is 4.79 Å². The molecular formula is C14H12ClNO2. The standard InChI is InChI=1S/C14H12ClNO2/c1-18-14-11(7-8-13(15)16-14)12(9-17)10-5-3-2-4-6-10/h2-9,12H,1H3. The van der Waals surface area contributed by atoms with Crippen molar-refractivity contribution in [3.05, 3.63) is 58.7 Å². The first-order chi connectivity index (χ1) is 8.76. The van der Waals surface area contributed by atoms with Crippen molar-refractivity contribution in [1.82, 2.24) is 4.98 Å². The van der Waals surface area contributed by atoms with Crippen LogP contribution in [0.15, 0.2) is 42.5 Å². The molecule has 0 aliphatic heterocycles. The zero-order valence-corrected chi connectivity index (χ0v) is 10.6. The van der Waals surface area contributed by atoms with Crippen molar-refractivity contribution in [2.75, 3.05) is 7.11 Å². The zero-order chi connectivity index (χ0) is 13.0. The SMILES string of the molecule is COc1nc(Cl)ccc1C(C=O)c1ccccc1. The Morgan fingerprint density at radius 3 is 2.56 bits per heavy atom. The van der Waals surface area contributed by atoms with Crippen molar-refractivity contribution < 1.29 is 9.53 Å². The monoisotopic (exact) mass is 261 g/mol. The number of rotatable bonds is 4. The van der Waals surface area contributed by atoms with Crippen LogP contribution in [0.1, 0.15) is 17.0 Å². The van der Waals surface area contributed by atoms with E-state index in [4.69, 9.17) is 16.3 Å². The Labute approximate surface area is 110 Å². The summed E-state index contributed by atoms with van der Waals surface area (Å²) in [7, 11) is 1.51. The number of hydrogen-bond donors (Lipinski definition) is 0. The van der Waals surface area contributed by atoms with Gasteiger partial charge in [0.2, 0.25) is 5.88 Å². The van der Waals surface area contributed by atoms with E-state index in [-0.39, 0.29) is 0 Å². The van der Waals surface area contributed by atoms with Crippen molar-refractivity contribution in [2.24, 2.45) is 0 Å². The van der Waals surface area contributed by atoms with Crippen LogP contribution < -0.4 is 4.74 Å². The molecule has 92 valence electrons. The highest BCUT2D eigenvalue weighted by atomic mass is 35.5. The van der Waals surface area contributed by atoms with Gasteiger partial charge in [-0.1, -0.05) is 41.9 Å². The molecule has 0 saturated carbocycles. The summed E-state index contributed by atoms with van der Waals surface area (Å²) in [6.07, 6.45) is 0.878. The molecule has 1 atom stereocenters. The Hall–Kier alpha value is -1.87. The van der Waals surface area contributed by atoms with Crippen LogP contribution in [0.4, 0.5) is 0 Å². The van der Waals surface area contributed by atoms with Gasteiger partial charge in [0.05, 0.1) is 13.0 Å². The third-order valence-corrected chi connectivity index (χ3v) is 2.89. The Morgan fingerprint density at radius 1 is 1.22 bits per heavy atom. The second-order valence-electron chi connectivity index (χ2n) is 3.76. The van der Waals surface area contributed by atoms with Gasteiger partial charge in [-0.2, -0.15) is 0 Å². The molecule has 0 amide bonds. The Bertz CT molecular complexity index is 543. The molecule has 2 aromatic rings. The summed E-state index contributed by atoms with van der Waals surface area (Å²) >= 11 is 5.81. The van der Waals surface area contributed by atoms with Gasteiger partial charge in [-0.05, 0) is 17.7 Å². The average molecular weight is 262 g/mol. The molecule has 1 aromatic carbocycles. The van der Waals surface area contributed by atoms with Gasteiger partial charge >= 0.3 is 0 Å². The topological polar surface area (TPSA) is 39.2 Å². The number of ether oxygens (including phenoxy) is 1. The number of halogens is 1. The third-order valence-electron chi connectivity index (χ3n) is 2.68. The summed E-state index contributed by atoms with van der Waals surface area (Å²) in [6.45, 7) is 0. The maximum absolute atomic E-state index is 11.3. The first-order valence-corrected chi connectivity index (χ1v) is 5.84. The fraction of sp³-hybridized carbons (Fsp3) is 0.143. The van der Waals surface area contributed by atoms with Gasteiger partial charge < -0.3 is 9.53 Å².